The van der Waals surface area contributed by atoms with E-state index >= 15 is 0 Å². The van der Waals surface area contributed by atoms with Crippen LogP contribution in [0.3, 0.4) is 0 Å². The minimum Gasteiger partial charge on any atom is -0.493 e. The molecule has 0 aliphatic carbocycles. The fourth-order valence-corrected chi connectivity index (χ4v) is 7.13. The largest absolute Gasteiger partial charge is 0.493 e. The first-order valence-corrected chi connectivity index (χ1v) is 14.8. The lowest BCUT2D eigenvalue weighted by Crippen LogP contribution is -2.51. The minimum atomic E-state index is -3.27. The van der Waals surface area contributed by atoms with Gasteiger partial charge >= 0.3 is 0 Å². The first-order valence-electron chi connectivity index (χ1n) is 13.3. The van der Waals surface area contributed by atoms with Crippen LogP contribution in [0.25, 0.3) is 22.3 Å². The van der Waals surface area contributed by atoms with Crippen molar-refractivity contribution in [2.24, 2.45) is 0 Å². The van der Waals surface area contributed by atoms with Gasteiger partial charge in [-0.15, -0.1) is 0 Å². The molecule has 0 amide bonds. The quantitative estimate of drug-likeness (QED) is 0.328. The highest BCUT2D eigenvalue weighted by Gasteiger charge is 2.35. The van der Waals surface area contributed by atoms with E-state index in [0.717, 1.165) is 22.2 Å². The van der Waals surface area contributed by atoms with E-state index in [4.69, 9.17) is 9.47 Å². The molecule has 0 spiro atoms. The molecule has 5 heterocycles. The van der Waals surface area contributed by atoms with Crippen molar-refractivity contribution in [3.63, 3.8) is 0 Å². The standard InChI is InChI=1S/C27H32N8O4S/c1-38-24-16-28-18-30-26(24)20-2-3-22-23(15-20)32-27(31-22)33-25-14-19(4-7-29-25)17-34-8-10-35(11-9-34)40(36,37)21-5-12-39-13-6-21/h2-4,7,14-16,18,21H,5-6,8-13,17H2,1H3,(H2,29,31,32,33). The molecule has 6 rings (SSSR count). The number of aromatic nitrogens is 5. The molecule has 1 aromatic carbocycles. The minimum absolute atomic E-state index is 0.318. The maximum atomic E-state index is 13.0. The van der Waals surface area contributed by atoms with Crippen molar-refractivity contribution < 1.29 is 17.9 Å². The monoisotopic (exact) mass is 564 g/mol. The average molecular weight is 565 g/mol. The van der Waals surface area contributed by atoms with Crippen molar-refractivity contribution in [3.8, 4) is 17.0 Å². The van der Waals surface area contributed by atoms with Gasteiger partial charge in [0.25, 0.3) is 0 Å². The van der Waals surface area contributed by atoms with Gasteiger partial charge in [0, 0.05) is 57.7 Å². The Hall–Kier alpha value is -3.65. The number of hydrogen-bond acceptors (Lipinski definition) is 10. The zero-order valence-corrected chi connectivity index (χ0v) is 23.1. The number of nitrogens with zero attached hydrogens (tertiary/aromatic N) is 6. The average Bonchev–Trinajstić information content (AvgIpc) is 3.39. The Morgan fingerprint density at radius 3 is 2.73 bits per heavy atom. The van der Waals surface area contributed by atoms with Crippen LogP contribution in [-0.2, 0) is 21.3 Å². The number of H-pyrrole nitrogens is 1. The number of benzene rings is 1. The molecule has 210 valence electrons. The van der Waals surface area contributed by atoms with Crippen LogP contribution in [0.1, 0.15) is 18.4 Å². The van der Waals surface area contributed by atoms with Crippen molar-refractivity contribution in [3.05, 3.63) is 54.6 Å². The van der Waals surface area contributed by atoms with Crippen LogP contribution in [0.2, 0.25) is 0 Å². The fraction of sp³-hybridized carbons (Fsp3) is 0.407. The number of anilines is 2. The molecule has 0 bridgehead atoms. The molecular weight excluding hydrogens is 532 g/mol. The van der Waals surface area contributed by atoms with Gasteiger partial charge in [0.05, 0.1) is 29.6 Å². The van der Waals surface area contributed by atoms with Gasteiger partial charge < -0.3 is 19.8 Å². The lowest BCUT2D eigenvalue weighted by molar-refractivity contribution is 0.0961. The van der Waals surface area contributed by atoms with Crippen LogP contribution >= 0.6 is 0 Å². The van der Waals surface area contributed by atoms with E-state index < -0.39 is 10.0 Å². The lowest BCUT2D eigenvalue weighted by atomic mass is 10.1. The van der Waals surface area contributed by atoms with Gasteiger partial charge in [0.15, 0.2) is 5.75 Å². The van der Waals surface area contributed by atoms with E-state index in [0.29, 0.717) is 82.0 Å². The summed E-state index contributed by atoms with van der Waals surface area (Å²) in [5.41, 5.74) is 4.35. The van der Waals surface area contributed by atoms with Crippen molar-refractivity contribution >= 4 is 32.8 Å². The Labute approximate surface area is 232 Å². The second-order valence-corrected chi connectivity index (χ2v) is 12.2. The molecule has 4 aromatic rings. The van der Waals surface area contributed by atoms with Crippen molar-refractivity contribution in [1.82, 2.24) is 34.1 Å². The second kappa shape index (κ2) is 11.5. The van der Waals surface area contributed by atoms with Crippen molar-refractivity contribution in [2.45, 2.75) is 24.6 Å². The van der Waals surface area contributed by atoms with Gasteiger partial charge in [0.1, 0.15) is 17.8 Å². The number of hydrogen-bond donors (Lipinski definition) is 2. The van der Waals surface area contributed by atoms with E-state index in [9.17, 15) is 8.42 Å². The SMILES string of the molecule is COc1cncnc1-c1ccc2nc(Nc3cc(CN4CCN(S(=O)(=O)C5CCOCC5)CC4)ccn3)[nH]c2c1. The number of sulfonamides is 1. The highest BCUT2D eigenvalue weighted by Crippen LogP contribution is 2.29. The molecule has 12 nitrogen and oxygen atoms in total. The zero-order chi connectivity index (χ0) is 27.5. The molecule has 0 radical (unpaired) electrons. The molecule has 40 heavy (non-hydrogen) atoms. The van der Waals surface area contributed by atoms with E-state index in [-0.39, 0.29) is 5.25 Å². The number of nitrogens with one attached hydrogen (secondary N) is 2. The predicted molar refractivity (Wildman–Crippen MR) is 151 cm³/mol. The van der Waals surface area contributed by atoms with Crippen LogP contribution in [0.15, 0.2) is 49.1 Å². The van der Waals surface area contributed by atoms with Crippen molar-refractivity contribution in [1.29, 1.82) is 0 Å². The molecule has 0 atom stereocenters. The van der Waals surface area contributed by atoms with Crippen LogP contribution in [0.5, 0.6) is 5.75 Å². The van der Waals surface area contributed by atoms with Crippen LogP contribution in [0, 0.1) is 0 Å². The van der Waals surface area contributed by atoms with Crippen molar-refractivity contribution in [2.75, 3.05) is 51.8 Å². The van der Waals surface area contributed by atoms with E-state index in [1.165, 1.54) is 6.33 Å². The fourth-order valence-electron chi connectivity index (χ4n) is 5.25. The van der Waals surface area contributed by atoms with Crippen LogP contribution in [-0.4, -0.2) is 94.3 Å². The first-order chi connectivity index (χ1) is 19.5. The van der Waals surface area contributed by atoms with Gasteiger partial charge in [0.2, 0.25) is 16.0 Å². The molecule has 3 aromatic heterocycles. The summed E-state index contributed by atoms with van der Waals surface area (Å²) in [5.74, 6) is 1.86. The third-order valence-corrected chi connectivity index (χ3v) is 9.81. The van der Waals surface area contributed by atoms with Gasteiger partial charge in [-0.3, -0.25) is 4.90 Å². The van der Waals surface area contributed by atoms with E-state index in [2.05, 4.69) is 35.1 Å². The number of rotatable bonds is 8. The smallest absolute Gasteiger partial charge is 0.217 e. The molecule has 2 aliphatic heterocycles. The third kappa shape index (κ3) is 5.63. The highest BCUT2D eigenvalue weighted by atomic mass is 32.2. The Balaban J connectivity index is 1.09. The second-order valence-electron chi connectivity index (χ2n) is 9.96. The molecule has 2 N–H and O–H groups in total. The number of fused-ring (bicyclic) bond motifs is 1. The summed E-state index contributed by atoms with van der Waals surface area (Å²) < 4.78 is 38.4. The molecule has 2 fully saturated rings. The number of ether oxygens (including phenoxy) is 2. The Morgan fingerprint density at radius 2 is 1.93 bits per heavy atom. The first kappa shape index (κ1) is 26.6. The van der Waals surface area contributed by atoms with Crippen LogP contribution < -0.4 is 10.1 Å². The van der Waals surface area contributed by atoms with Gasteiger partial charge in [-0.2, -0.15) is 4.31 Å². The summed E-state index contributed by atoms with van der Waals surface area (Å²) in [6, 6.07) is 9.83. The van der Waals surface area contributed by atoms with Gasteiger partial charge in [-0.25, -0.2) is 28.4 Å². The summed E-state index contributed by atoms with van der Waals surface area (Å²) in [4.78, 5) is 23.1. The number of pyridine rings is 1. The van der Waals surface area contributed by atoms with E-state index in [1.807, 2.05) is 30.3 Å². The number of aromatic amines is 1. The summed E-state index contributed by atoms with van der Waals surface area (Å²) in [7, 11) is -1.68. The zero-order valence-electron chi connectivity index (χ0n) is 22.3. The highest BCUT2D eigenvalue weighted by molar-refractivity contribution is 7.89. The van der Waals surface area contributed by atoms with Gasteiger partial charge in [-0.1, -0.05) is 6.07 Å². The Bertz CT molecular complexity index is 1580. The molecular formula is C27H32N8O4S. The topological polar surface area (TPSA) is 138 Å². The predicted octanol–water partition coefficient (Wildman–Crippen LogP) is 2.79. The molecule has 2 aliphatic rings. The molecule has 2 saturated heterocycles. The summed E-state index contributed by atoms with van der Waals surface area (Å²) in [6.07, 6.45) is 6.07. The van der Waals surface area contributed by atoms with Crippen LogP contribution in [0.4, 0.5) is 11.8 Å². The summed E-state index contributed by atoms with van der Waals surface area (Å²) in [5, 5.41) is 2.95. The normalized spacial score (nSPS) is 17.7. The summed E-state index contributed by atoms with van der Waals surface area (Å²) >= 11 is 0. The Morgan fingerprint density at radius 1 is 1.10 bits per heavy atom. The number of imidazole rings is 1. The van der Waals surface area contributed by atoms with Gasteiger partial charge in [-0.05, 0) is 42.7 Å². The maximum absolute atomic E-state index is 13.0. The number of piperazine rings is 1. The lowest BCUT2D eigenvalue weighted by Gasteiger charge is -2.36. The van der Waals surface area contributed by atoms with E-state index in [1.54, 1.807) is 23.8 Å². The number of methoxy groups -OCH3 is 1. The Kier molecular flexibility index (Phi) is 7.61. The molecule has 13 heteroatoms. The summed E-state index contributed by atoms with van der Waals surface area (Å²) in [6.45, 7) is 4.17. The molecule has 0 unspecified atom stereocenters. The molecule has 0 saturated carbocycles. The maximum Gasteiger partial charge on any atom is 0.217 e. The third-order valence-electron chi connectivity index (χ3n) is 7.41.